The zero-order valence-corrected chi connectivity index (χ0v) is 11.9. The molecule has 0 amide bonds. The molecule has 0 aliphatic heterocycles. The van der Waals surface area contributed by atoms with Crippen molar-refractivity contribution >= 4 is 22.5 Å². The molecule has 0 saturated heterocycles. The van der Waals surface area contributed by atoms with Crippen LogP contribution in [0.3, 0.4) is 0 Å². The minimum atomic E-state index is 0.701. The molecule has 0 bridgehead atoms. The highest BCUT2D eigenvalue weighted by Gasteiger charge is 2.06. The van der Waals surface area contributed by atoms with Gasteiger partial charge in [-0.1, -0.05) is 23.7 Å². The number of hydrogen-bond acceptors (Lipinski definition) is 1. The van der Waals surface area contributed by atoms with Crippen LogP contribution in [0.4, 0.5) is 0 Å². The Bertz CT molecular complexity index is 825. The fraction of sp³-hybridized carbons (Fsp3) is 0.118. The van der Waals surface area contributed by atoms with Crippen LogP contribution >= 0.6 is 11.6 Å². The van der Waals surface area contributed by atoms with Gasteiger partial charge in [0.05, 0.1) is 11.6 Å². The highest BCUT2D eigenvalue weighted by atomic mass is 35.5. The summed E-state index contributed by atoms with van der Waals surface area (Å²) in [5.74, 6) is 0. The lowest BCUT2D eigenvalue weighted by Gasteiger charge is -2.09. The minimum Gasteiger partial charge on any atom is -0.343 e. The topological polar surface area (TPSA) is 28.7 Å². The summed E-state index contributed by atoms with van der Waals surface area (Å²) in [5, 5.41) is 10.8. The van der Waals surface area contributed by atoms with Crippen molar-refractivity contribution in [1.82, 2.24) is 4.57 Å². The summed E-state index contributed by atoms with van der Waals surface area (Å²) in [6.07, 6.45) is 2.05. The van der Waals surface area contributed by atoms with E-state index in [0.717, 1.165) is 28.0 Å². The van der Waals surface area contributed by atoms with Crippen LogP contribution in [0.15, 0.2) is 48.7 Å². The molecule has 0 radical (unpaired) electrons. The summed E-state index contributed by atoms with van der Waals surface area (Å²) in [5.41, 5.74) is 4.17. The van der Waals surface area contributed by atoms with Crippen LogP contribution < -0.4 is 0 Å². The normalized spacial score (nSPS) is 10.7. The van der Waals surface area contributed by atoms with Crippen LogP contribution in [0.2, 0.25) is 5.02 Å². The monoisotopic (exact) mass is 280 g/mol. The van der Waals surface area contributed by atoms with Gasteiger partial charge in [-0.2, -0.15) is 5.26 Å². The molecular weight excluding hydrogens is 268 g/mol. The number of fused-ring (bicyclic) bond motifs is 1. The molecule has 2 aromatic carbocycles. The number of rotatable bonds is 2. The summed E-state index contributed by atoms with van der Waals surface area (Å²) < 4.78 is 2.18. The number of benzene rings is 2. The standard InChI is InChI=1S/C17H13ClN2/c1-12-9-13(10-19)5-6-14(12)11-20-8-7-15-16(18)3-2-4-17(15)20/h2-9H,11H2,1H3. The fourth-order valence-electron chi connectivity index (χ4n) is 2.45. The second-order valence-electron chi connectivity index (χ2n) is 4.87. The van der Waals surface area contributed by atoms with Gasteiger partial charge in [0.25, 0.3) is 0 Å². The summed E-state index contributed by atoms with van der Waals surface area (Å²) in [7, 11) is 0. The summed E-state index contributed by atoms with van der Waals surface area (Å²) in [6, 6.07) is 15.9. The second-order valence-corrected chi connectivity index (χ2v) is 5.28. The Labute approximate surface area is 122 Å². The van der Waals surface area contributed by atoms with Crippen LogP contribution in [0, 0.1) is 18.3 Å². The van der Waals surface area contributed by atoms with E-state index in [1.54, 1.807) is 0 Å². The molecule has 0 spiro atoms. The molecule has 98 valence electrons. The van der Waals surface area contributed by atoms with E-state index >= 15 is 0 Å². The Balaban J connectivity index is 2.02. The summed E-state index contributed by atoms with van der Waals surface area (Å²) in [4.78, 5) is 0. The average Bonchev–Trinajstić information content (AvgIpc) is 2.86. The SMILES string of the molecule is Cc1cc(C#N)ccc1Cn1ccc2c(Cl)cccc21. The first-order chi connectivity index (χ1) is 9.69. The lowest BCUT2D eigenvalue weighted by atomic mass is 10.1. The predicted octanol–water partition coefficient (Wildman–Crippen LogP) is 4.52. The highest BCUT2D eigenvalue weighted by molar-refractivity contribution is 6.35. The van der Waals surface area contributed by atoms with Gasteiger partial charge in [0.15, 0.2) is 0 Å². The van der Waals surface area contributed by atoms with Gasteiger partial charge < -0.3 is 4.57 Å². The molecular formula is C17H13ClN2. The van der Waals surface area contributed by atoms with Crippen molar-refractivity contribution in [1.29, 1.82) is 5.26 Å². The van der Waals surface area contributed by atoms with Crippen molar-refractivity contribution in [3.05, 3.63) is 70.4 Å². The van der Waals surface area contributed by atoms with Gasteiger partial charge in [0.2, 0.25) is 0 Å². The zero-order chi connectivity index (χ0) is 14.1. The maximum atomic E-state index is 8.91. The molecule has 0 fully saturated rings. The molecule has 0 saturated carbocycles. The molecule has 3 aromatic rings. The van der Waals surface area contributed by atoms with Gasteiger partial charge in [-0.15, -0.1) is 0 Å². The van der Waals surface area contributed by atoms with Crippen molar-refractivity contribution < 1.29 is 0 Å². The molecule has 1 heterocycles. The number of nitrogens with zero attached hydrogens (tertiary/aromatic N) is 2. The van der Waals surface area contributed by atoms with Crippen molar-refractivity contribution in [3.8, 4) is 6.07 Å². The molecule has 20 heavy (non-hydrogen) atoms. The Morgan fingerprint density at radius 1 is 1.20 bits per heavy atom. The third-order valence-corrected chi connectivity index (χ3v) is 3.90. The maximum Gasteiger partial charge on any atom is 0.0991 e. The van der Waals surface area contributed by atoms with Crippen LogP contribution in [-0.4, -0.2) is 4.57 Å². The number of hydrogen-bond donors (Lipinski definition) is 0. The van der Waals surface area contributed by atoms with Crippen LogP contribution in [0.25, 0.3) is 10.9 Å². The van der Waals surface area contributed by atoms with Crippen LogP contribution in [0.1, 0.15) is 16.7 Å². The second kappa shape index (κ2) is 5.03. The lowest BCUT2D eigenvalue weighted by molar-refractivity contribution is 0.830. The van der Waals surface area contributed by atoms with E-state index in [2.05, 4.69) is 16.7 Å². The number of aryl methyl sites for hydroxylation is 1. The largest absolute Gasteiger partial charge is 0.343 e. The molecule has 0 unspecified atom stereocenters. The average molecular weight is 281 g/mol. The predicted molar refractivity (Wildman–Crippen MR) is 81.9 cm³/mol. The molecule has 0 N–H and O–H groups in total. The van der Waals surface area contributed by atoms with Crippen molar-refractivity contribution in [2.75, 3.05) is 0 Å². The third-order valence-electron chi connectivity index (χ3n) is 3.57. The summed E-state index contributed by atoms with van der Waals surface area (Å²) >= 11 is 6.19. The quantitative estimate of drug-likeness (QED) is 0.678. The number of nitriles is 1. The van der Waals surface area contributed by atoms with E-state index in [0.29, 0.717) is 5.56 Å². The Morgan fingerprint density at radius 2 is 2.05 bits per heavy atom. The fourth-order valence-corrected chi connectivity index (χ4v) is 2.68. The van der Waals surface area contributed by atoms with Gasteiger partial charge in [-0.25, -0.2) is 0 Å². The van der Waals surface area contributed by atoms with Gasteiger partial charge in [-0.05, 0) is 48.4 Å². The molecule has 0 aliphatic rings. The van der Waals surface area contributed by atoms with E-state index in [4.69, 9.17) is 16.9 Å². The van der Waals surface area contributed by atoms with Gasteiger partial charge in [0.1, 0.15) is 0 Å². The molecule has 0 aliphatic carbocycles. The Hall–Kier alpha value is -2.24. The minimum absolute atomic E-state index is 0.701. The zero-order valence-electron chi connectivity index (χ0n) is 11.1. The number of aromatic nitrogens is 1. The molecule has 3 rings (SSSR count). The highest BCUT2D eigenvalue weighted by Crippen LogP contribution is 2.25. The van der Waals surface area contributed by atoms with Gasteiger partial charge >= 0.3 is 0 Å². The van der Waals surface area contributed by atoms with Crippen molar-refractivity contribution in [2.24, 2.45) is 0 Å². The van der Waals surface area contributed by atoms with Gasteiger partial charge in [0, 0.05) is 28.7 Å². The maximum absolute atomic E-state index is 8.91. The Morgan fingerprint density at radius 3 is 2.80 bits per heavy atom. The summed E-state index contributed by atoms with van der Waals surface area (Å²) in [6.45, 7) is 2.82. The number of halogens is 1. The smallest absolute Gasteiger partial charge is 0.0991 e. The van der Waals surface area contributed by atoms with E-state index in [9.17, 15) is 0 Å². The first-order valence-corrected chi connectivity index (χ1v) is 6.80. The molecule has 0 atom stereocenters. The third kappa shape index (κ3) is 2.17. The van der Waals surface area contributed by atoms with Crippen LogP contribution in [-0.2, 0) is 6.54 Å². The first-order valence-electron chi connectivity index (χ1n) is 6.42. The van der Waals surface area contributed by atoms with E-state index < -0.39 is 0 Å². The Kier molecular flexibility index (Phi) is 3.22. The van der Waals surface area contributed by atoms with E-state index in [-0.39, 0.29) is 0 Å². The molecule has 3 heteroatoms. The lowest BCUT2D eigenvalue weighted by Crippen LogP contribution is -2.00. The molecule has 1 aromatic heterocycles. The van der Waals surface area contributed by atoms with E-state index in [1.165, 1.54) is 5.56 Å². The first kappa shape index (κ1) is 12.8. The van der Waals surface area contributed by atoms with E-state index in [1.807, 2.05) is 49.5 Å². The van der Waals surface area contributed by atoms with Gasteiger partial charge in [-0.3, -0.25) is 0 Å². The van der Waals surface area contributed by atoms with Crippen molar-refractivity contribution in [2.45, 2.75) is 13.5 Å². The molecule has 2 nitrogen and oxygen atoms in total. The van der Waals surface area contributed by atoms with Crippen LogP contribution in [0.5, 0.6) is 0 Å². The van der Waals surface area contributed by atoms with Crippen molar-refractivity contribution in [3.63, 3.8) is 0 Å².